The molecule has 1 rings (SSSR count). The lowest BCUT2D eigenvalue weighted by Crippen LogP contribution is -2.61. The lowest BCUT2D eigenvalue weighted by Gasteiger charge is -2.52. The van der Waals surface area contributed by atoms with Crippen LogP contribution in [0, 0.1) is 17.3 Å². The zero-order valence-corrected chi connectivity index (χ0v) is 11.8. The van der Waals surface area contributed by atoms with Crippen molar-refractivity contribution in [2.45, 2.75) is 60.1 Å². The maximum atomic E-state index is 5.95. The minimum atomic E-state index is 0.295. The zero-order chi connectivity index (χ0) is 12.3. The average Bonchev–Trinajstić information content (AvgIpc) is 2.14. The summed E-state index contributed by atoms with van der Waals surface area (Å²) in [4.78, 5) is 0. The Labute approximate surface area is 101 Å². The Morgan fingerprint density at radius 1 is 1.19 bits per heavy atom. The second-order valence-electron chi connectivity index (χ2n) is 6.63. The van der Waals surface area contributed by atoms with Crippen LogP contribution in [0.3, 0.4) is 0 Å². The van der Waals surface area contributed by atoms with Crippen LogP contribution in [0.25, 0.3) is 0 Å². The summed E-state index contributed by atoms with van der Waals surface area (Å²) in [7, 11) is 0. The Hall–Kier alpha value is -0.0800. The quantitative estimate of drug-likeness (QED) is 0.753. The summed E-state index contributed by atoms with van der Waals surface area (Å²) in [5, 5.41) is 3.65. The van der Waals surface area contributed by atoms with E-state index >= 15 is 0 Å². The zero-order valence-electron chi connectivity index (χ0n) is 11.8. The van der Waals surface area contributed by atoms with E-state index in [2.05, 4.69) is 46.9 Å². The summed E-state index contributed by atoms with van der Waals surface area (Å²) >= 11 is 0. The van der Waals surface area contributed by atoms with E-state index in [0.717, 1.165) is 19.1 Å². The van der Waals surface area contributed by atoms with E-state index in [1.165, 1.54) is 6.42 Å². The number of ether oxygens (including phenoxy) is 1. The molecule has 1 fully saturated rings. The highest BCUT2D eigenvalue weighted by atomic mass is 16.5. The van der Waals surface area contributed by atoms with Crippen LogP contribution in [0.15, 0.2) is 0 Å². The van der Waals surface area contributed by atoms with Crippen molar-refractivity contribution in [3.8, 4) is 0 Å². The van der Waals surface area contributed by atoms with Gasteiger partial charge in [0, 0.05) is 18.1 Å². The molecule has 0 aromatic heterocycles. The molecular formula is C14H29NO. The Morgan fingerprint density at radius 2 is 1.81 bits per heavy atom. The van der Waals surface area contributed by atoms with Gasteiger partial charge in [0.05, 0.1) is 6.10 Å². The first kappa shape index (κ1) is 14.0. The van der Waals surface area contributed by atoms with E-state index < -0.39 is 0 Å². The first-order valence-corrected chi connectivity index (χ1v) is 6.69. The van der Waals surface area contributed by atoms with Crippen molar-refractivity contribution in [3.63, 3.8) is 0 Å². The number of nitrogens with one attached hydrogen (secondary N) is 1. The molecule has 2 nitrogen and oxygen atoms in total. The Kier molecular flexibility index (Phi) is 4.81. The molecule has 0 bridgehead atoms. The summed E-state index contributed by atoms with van der Waals surface area (Å²) in [5.74, 6) is 1.37. The lowest BCUT2D eigenvalue weighted by molar-refractivity contribution is -0.124. The molecule has 1 saturated carbocycles. The van der Waals surface area contributed by atoms with Crippen LogP contribution in [0.2, 0.25) is 0 Å². The first-order valence-electron chi connectivity index (χ1n) is 6.69. The van der Waals surface area contributed by atoms with Gasteiger partial charge >= 0.3 is 0 Å². The SMILES string of the molecule is CC(C)CNC1CC(OCC(C)C)C1(C)C. The van der Waals surface area contributed by atoms with Gasteiger partial charge in [0.15, 0.2) is 0 Å². The van der Waals surface area contributed by atoms with Crippen LogP contribution in [0.1, 0.15) is 48.0 Å². The van der Waals surface area contributed by atoms with Crippen molar-refractivity contribution in [2.24, 2.45) is 17.3 Å². The van der Waals surface area contributed by atoms with Crippen molar-refractivity contribution in [2.75, 3.05) is 13.2 Å². The maximum Gasteiger partial charge on any atom is 0.0656 e. The number of hydrogen-bond donors (Lipinski definition) is 1. The summed E-state index contributed by atoms with van der Waals surface area (Å²) in [6.07, 6.45) is 1.62. The molecule has 1 N–H and O–H groups in total. The topological polar surface area (TPSA) is 21.3 Å². The van der Waals surface area contributed by atoms with E-state index in [4.69, 9.17) is 4.74 Å². The second-order valence-corrected chi connectivity index (χ2v) is 6.63. The monoisotopic (exact) mass is 227 g/mol. The number of rotatable bonds is 6. The van der Waals surface area contributed by atoms with Gasteiger partial charge in [0.2, 0.25) is 0 Å². The van der Waals surface area contributed by atoms with E-state index in [9.17, 15) is 0 Å². The molecule has 0 radical (unpaired) electrons. The molecule has 1 aliphatic carbocycles. The molecule has 2 heteroatoms. The fraction of sp³-hybridized carbons (Fsp3) is 1.00. The van der Waals surface area contributed by atoms with Gasteiger partial charge in [-0.3, -0.25) is 0 Å². The van der Waals surface area contributed by atoms with Crippen LogP contribution in [0.4, 0.5) is 0 Å². The van der Waals surface area contributed by atoms with Gasteiger partial charge in [-0.25, -0.2) is 0 Å². The Bertz CT molecular complexity index is 191. The van der Waals surface area contributed by atoms with E-state index in [-0.39, 0.29) is 0 Å². The highest BCUT2D eigenvalue weighted by Gasteiger charge is 2.48. The molecule has 2 atom stereocenters. The molecule has 0 aromatic rings. The third-order valence-corrected chi connectivity index (χ3v) is 3.58. The van der Waals surface area contributed by atoms with E-state index in [0.29, 0.717) is 23.5 Å². The lowest BCUT2D eigenvalue weighted by atomic mass is 9.64. The average molecular weight is 227 g/mol. The van der Waals surface area contributed by atoms with Gasteiger partial charge in [-0.1, -0.05) is 41.5 Å². The fourth-order valence-corrected chi connectivity index (χ4v) is 2.20. The van der Waals surface area contributed by atoms with E-state index in [1.807, 2.05) is 0 Å². The molecular weight excluding hydrogens is 198 g/mol. The van der Waals surface area contributed by atoms with Crippen LogP contribution in [-0.4, -0.2) is 25.3 Å². The minimum absolute atomic E-state index is 0.295. The summed E-state index contributed by atoms with van der Waals surface area (Å²) in [5.41, 5.74) is 0.295. The third kappa shape index (κ3) is 3.46. The molecule has 0 aliphatic heterocycles. The predicted octanol–water partition coefficient (Wildman–Crippen LogP) is 3.07. The third-order valence-electron chi connectivity index (χ3n) is 3.58. The smallest absolute Gasteiger partial charge is 0.0656 e. The van der Waals surface area contributed by atoms with Gasteiger partial charge in [-0.2, -0.15) is 0 Å². The van der Waals surface area contributed by atoms with Gasteiger partial charge in [0.1, 0.15) is 0 Å². The fourth-order valence-electron chi connectivity index (χ4n) is 2.20. The van der Waals surface area contributed by atoms with Crippen molar-refractivity contribution in [3.05, 3.63) is 0 Å². The summed E-state index contributed by atoms with van der Waals surface area (Å²) in [6.45, 7) is 15.6. The van der Waals surface area contributed by atoms with Gasteiger partial charge in [-0.05, 0) is 24.8 Å². The van der Waals surface area contributed by atoms with Crippen LogP contribution >= 0.6 is 0 Å². The summed E-state index contributed by atoms with van der Waals surface area (Å²) < 4.78 is 5.95. The summed E-state index contributed by atoms with van der Waals surface area (Å²) in [6, 6.07) is 0.632. The maximum absolute atomic E-state index is 5.95. The van der Waals surface area contributed by atoms with Crippen molar-refractivity contribution in [1.82, 2.24) is 5.32 Å². The van der Waals surface area contributed by atoms with Crippen LogP contribution < -0.4 is 5.32 Å². The van der Waals surface area contributed by atoms with Gasteiger partial charge in [0.25, 0.3) is 0 Å². The predicted molar refractivity (Wildman–Crippen MR) is 69.6 cm³/mol. The van der Waals surface area contributed by atoms with Crippen LogP contribution in [-0.2, 0) is 4.74 Å². The molecule has 2 unspecified atom stereocenters. The highest BCUT2D eigenvalue weighted by molar-refractivity contribution is 5.02. The molecule has 96 valence electrons. The highest BCUT2D eigenvalue weighted by Crippen LogP contribution is 2.42. The minimum Gasteiger partial charge on any atom is -0.377 e. The molecule has 0 heterocycles. The Morgan fingerprint density at radius 3 is 2.25 bits per heavy atom. The van der Waals surface area contributed by atoms with Crippen molar-refractivity contribution >= 4 is 0 Å². The van der Waals surface area contributed by atoms with Gasteiger partial charge in [-0.15, -0.1) is 0 Å². The molecule has 16 heavy (non-hydrogen) atoms. The molecule has 0 saturated heterocycles. The second kappa shape index (κ2) is 5.50. The molecule has 0 amide bonds. The normalized spacial score (nSPS) is 28.5. The van der Waals surface area contributed by atoms with E-state index in [1.54, 1.807) is 0 Å². The first-order chi connectivity index (χ1) is 7.34. The molecule has 1 aliphatic rings. The molecule has 0 spiro atoms. The largest absolute Gasteiger partial charge is 0.377 e. The standard InChI is InChI=1S/C14H29NO/c1-10(2)8-15-12-7-13(14(12,5)6)16-9-11(3)4/h10-13,15H,7-9H2,1-6H3. The number of hydrogen-bond acceptors (Lipinski definition) is 2. The van der Waals surface area contributed by atoms with Crippen molar-refractivity contribution < 1.29 is 4.74 Å². The Balaban J connectivity index is 2.29. The molecule has 0 aromatic carbocycles. The van der Waals surface area contributed by atoms with Crippen molar-refractivity contribution in [1.29, 1.82) is 0 Å². The van der Waals surface area contributed by atoms with Crippen LogP contribution in [0.5, 0.6) is 0 Å². The van der Waals surface area contributed by atoms with Gasteiger partial charge < -0.3 is 10.1 Å².